The van der Waals surface area contributed by atoms with E-state index in [0.29, 0.717) is 0 Å². The zero-order valence-electron chi connectivity index (χ0n) is 8.67. The van der Waals surface area contributed by atoms with Crippen LogP contribution in [0.2, 0.25) is 0 Å². The van der Waals surface area contributed by atoms with Crippen LogP contribution in [0.3, 0.4) is 0 Å². The molecule has 2 atom stereocenters. The number of benzene rings is 1. The Morgan fingerprint density at radius 1 is 1.06 bits per heavy atom. The van der Waals surface area contributed by atoms with E-state index in [1.807, 2.05) is 42.5 Å². The van der Waals surface area contributed by atoms with Gasteiger partial charge < -0.3 is 0 Å². The molecule has 0 bridgehead atoms. The fraction of sp³-hybridized carbons (Fsp3) is 0.143. The zero-order chi connectivity index (χ0) is 11.4. The third-order valence-corrected chi connectivity index (χ3v) is 2.84. The van der Waals surface area contributed by atoms with E-state index in [0.717, 1.165) is 5.56 Å². The van der Waals surface area contributed by atoms with Gasteiger partial charge in [-0.1, -0.05) is 54.6 Å². The smallest absolute Gasteiger partial charge is 0.120 e. The second kappa shape index (κ2) is 4.04. The number of nitrogens with zero attached hydrogens (tertiary/aromatic N) is 2. The molecule has 1 aromatic carbocycles. The highest BCUT2D eigenvalue weighted by molar-refractivity contribution is 5.46. The Bertz CT molecular complexity index is 514. The number of hydrogen-bond acceptors (Lipinski definition) is 2. The van der Waals surface area contributed by atoms with E-state index >= 15 is 0 Å². The highest BCUT2D eigenvalue weighted by Gasteiger charge is 2.38. The molecule has 0 radical (unpaired) electrons. The zero-order valence-corrected chi connectivity index (χ0v) is 8.67. The summed E-state index contributed by atoms with van der Waals surface area (Å²) in [4.78, 5) is 0. The Balaban J connectivity index is 2.57. The predicted molar refractivity (Wildman–Crippen MR) is 61.1 cm³/mol. The van der Waals surface area contributed by atoms with E-state index in [1.54, 1.807) is 12.2 Å². The average molecular weight is 206 g/mol. The Labute approximate surface area is 94.8 Å². The molecule has 1 aliphatic carbocycles. The summed E-state index contributed by atoms with van der Waals surface area (Å²) in [5.74, 6) is -0.426. The maximum absolute atomic E-state index is 9.41. The molecule has 2 unspecified atom stereocenters. The molecule has 0 spiro atoms. The first kappa shape index (κ1) is 10.2. The van der Waals surface area contributed by atoms with Gasteiger partial charge in [0.05, 0.1) is 18.1 Å². The van der Waals surface area contributed by atoms with Crippen molar-refractivity contribution in [3.63, 3.8) is 0 Å². The van der Waals surface area contributed by atoms with E-state index in [-0.39, 0.29) is 0 Å². The molecule has 0 aliphatic heterocycles. The minimum atomic E-state index is -0.842. The van der Waals surface area contributed by atoms with E-state index in [1.165, 1.54) is 0 Å². The second-order valence-electron chi connectivity index (χ2n) is 3.70. The fourth-order valence-corrected chi connectivity index (χ4v) is 1.94. The topological polar surface area (TPSA) is 47.6 Å². The van der Waals surface area contributed by atoms with Gasteiger partial charge in [-0.25, -0.2) is 0 Å². The molecule has 0 amide bonds. The average Bonchev–Trinajstić information content (AvgIpc) is 2.39. The lowest BCUT2D eigenvalue weighted by Crippen LogP contribution is -2.31. The summed E-state index contributed by atoms with van der Waals surface area (Å²) in [5.41, 5.74) is 0.0229. The molecule has 0 aromatic heterocycles. The van der Waals surface area contributed by atoms with Crippen LogP contribution in [0.1, 0.15) is 5.56 Å². The van der Waals surface area contributed by atoms with Crippen LogP contribution >= 0.6 is 0 Å². The van der Waals surface area contributed by atoms with Gasteiger partial charge in [0.15, 0.2) is 0 Å². The molecular weight excluding hydrogens is 196 g/mol. The van der Waals surface area contributed by atoms with Gasteiger partial charge in [0, 0.05) is 0 Å². The lowest BCUT2D eigenvalue weighted by molar-refractivity contribution is 0.582. The summed E-state index contributed by atoms with van der Waals surface area (Å²) in [6.45, 7) is 0. The van der Waals surface area contributed by atoms with Crippen LogP contribution in [0.25, 0.3) is 0 Å². The molecule has 76 valence electrons. The van der Waals surface area contributed by atoms with Gasteiger partial charge >= 0.3 is 0 Å². The summed E-state index contributed by atoms with van der Waals surface area (Å²) in [5, 5.41) is 18.5. The van der Waals surface area contributed by atoms with E-state index in [9.17, 15) is 5.26 Å². The van der Waals surface area contributed by atoms with Crippen molar-refractivity contribution in [1.82, 2.24) is 0 Å². The lowest BCUT2D eigenvalue weighted by Gasteiger charge is -2.28. The first-order valence-corrected chi connectivity index (χ1v) is 5.06. The molecule has 0 saturated carbocycles. The van der Waals surface area contributed by atoms with Crippen molar-refractivity contribution in [3.05, 3.63) is 60.2 Å². The quantitative estimate of drug-likeness (QED) is 0.709. The Hall–Kier alpha value is -2.32. The van der Waals surface area contributed by atoms with Crippen LogP contribution in [0.5, 0.6) is 0 Å². The monoisotopic (exact) mass is 206 g/mol. The van der Waals surface area contributed by atoms with Gasteiger partial charge in [-0.05, 0) is 5.56 Å². The highest BCUT2D eigenvalue weighted by Crippen LogP contribution is 2.36. The molecule has 2 heteroatoms. The summed E-state index contributed by atoms with van der Waals surface area (Å²) in [7, 11) is 0. The number of rotatable bonds is 1. The molecule has 2 nitrogen and oxygen atoms in total. The minimum Gasteiger partial charge on any atom is -0.198 e. The number of nitriles is 2. The Morgan fingerprint density at radius 2 is 1.81 bits per heavy atom. The molecule has 16 heavy (non-hydrogen) atoms. The molecule has 1 aliphatic rings. The van der Waals surface area contributed by atoms with Gasteiger partial charge in [-0.3, -0.25) is 0 Å². The molecule has 0 heterocycles. The minimum absolute atomic E-state index is 0.426. The van der Waals surface area contributed by atoms with Gasteiger partial charge in [-0.2, -0.15) is 10.5 Å². The van der Waals surface area contributed by atoms with Crippen LogP contribution in [0.15, 0.2) is 54.6 Å². The predicted octanol–water partition coefficient (Wildman–Crippen LogP) is 2.71. The SMILES string of the molecule is N#CC1C=CC=CC1(C#N)c1ccccc1. The lowest BCUT2D eigenvalue weighted by atomic mass is 9.70. The summed E-state index contributed by atoms with van der Waals surface area (Å²) in [6, 6.07) is 13.9. The normalized spacial score (nSPS) is 27.0. The van der Waals surface area contributed by atoms with Crippen molar-refractivity contribution in [1.29, 1.82) is 10.5 Å². The third kappa shape index (κ3) is 1.42. The maximum Gasteiger partial charge on any atom is 0.120 e. The van der Waals surface area contributed by atoms with Crippen molar-refractivity contribution in [3.8, 4) is 12.1 Å². The van der Waals surface area contributed by atoms with Crippen LogP contribution < -0.4 is 0 Å². The Kier molecular flexibility index (Phi) is 2.58. The van der Waals surface area contributed by atoms with E-state index in [2.05, 4.69) is 12.1 Å². The van der Waals surface area contributed by atoms with Crippen LogP contribution in [0.4, 0.5) is 0 Å². The van der Waals surface area contributed by atoms with Crippen LogP contribution in [-0.4, -0.2) is 0 Å². The van der Waals surface area contributed by atoms with Crippen molar-refractivity contribution >= 4 is 0 Å². The van der Waals surface area contributed by atoms with Crippen molar-refractivity contribution < 1.29 is 0 Å². The molecule has 0 N–H and O–H groups in total. The van der Waals surface area contributed by atoms with Crippen molar-refractivity contribution in [2.24, 2.45) is 5.92 Å². The van der Waals surface area contributed by atoms with Gasteiger partial charge in [0.2, 0.25) is 0 Å². The standard InChI is InChI=1S/C14H10N2/c15-10-13-8-4-5-9-14(13,11-16)12-6-2-1-3-7-12/h1-9,13H. The molecular formula is C14H10N2. The molecule has 1 aromatic rings. The van der Waals surface area contributed by atoms with Gasteiger partial charge in [-0.15, -0.1) is 0 Å². The molecule has 0 saturated heterocycles. The fourth-order valence-electron chi connectivity index (χ4n) is 1.94. The molecule has 2 rings (SSSR count). The van der Waals surface area contributed by atoms with E-state index < -0.39 is 11.3 Å². The van der Waals surface area contributed by atoms with E-state index in [4.69, 9.17) is 5.26 Å². The first-order valence-electron chi connectivity index (χ1n) is 5.06. The third-order valence-electron chi connectivity index (χ3n) is 2.84. The first-order chi connectivity index (χ1) is 7.83. The largest absolute Gasteiger partial charge is 0.198 e. The summed E-state index contributed by atoms with van der Waals surface area (Å²) >= 11 is 0. The van der Waals surface area contributed by atoms with Crippen LogP contribution in [-0.2, 0) is 5.41 Å². The van der Waals surface area contributed by atoms with Crippen molar-refractivity contribution in [2.45, 2.75) is 5.41 Å². The summed E-state index contributed by atoms with van der Waals surface area (Å²) in [6.07, 6.45) is 7.21. The summed E-state index contributed by atoms with van der Waals surface area (Å²) < 4.78 is 0. The van der Waals surface area contributed by atoms with Crippen LogP contribution in [0, 0.1) is 28.6 Å². The number of allylic oxidation sites excluding steroid dienone is 4. The second-order valence-corrected chi connectivity index (χ2v) is 3.70. The Morgan fingerprint density at radius 3 is 2.44 bits per heavy atom. The van der Waals surface area contributed by atoms with Gasteiger partial charge in [0.25, 0.3) is 0 Å². The van der Waals surface area contributed by atoms with Crippen molar-refractivity contribution in [2.75, 3.05) is 0 Å². The maximum atomic E-state index is 9.41. The van der Waals surface area contributed by atoms with Gasteiger partial charge in [0.1, 0.15) is 5.41 Å². The molecule has 0 fully saturated rings. The highest BCUT2D eigenvalue weighted by atomic mass is 14.4. The number of hydrogen-bond donors (Lipinski definition) is 0.